The lowest BCUT2D eigenvalue weighted by Gasteiger charge is -2.12. The number of nitrogens with zero attached hydrogens (tertiary/aromatic N) is 1. The van der Waals surface area contributed by atoms with Gasteiger partial charge in [0.2, 0.25) is 0 Å². The normalized spacial score (nSPS) is 11.6. The fourth-order valence-electron chi connectivity index (χ4n) is 1.48. The number of nitriles is 1. The molecular formula is C13H15ClN2O2. The van der Waals surface area contributed by atoms with Gasteiger partial charge in [-0.1, -0.05) is 18.5 Å². The molecule has 18 heavy (non-hydrogen) atoms. The van der Waals surface area contributed by atoms with Crippen molar-refractivity contribution < 1.29 is 9.90 Å². The zero-order valence-electron chi connectivity index (χ0n) is 10.1. The Labute approximate surface area is 111 Å². The van der Waals surface area contributed by atoms with Crippen LogP contribution < -0.4 is 5.32 Å². The molecule has 0 radical (unpaired) electrons. The summed E-state index contributed by atoms with van der Waals surface area (Å²) in [6.07, 6.45) is 0.809. The lowest BCUT2D eigenvalue weighted by Crippen LogP contribution is -2.12. The number of benzene rings is 1. The average molecular weight is 267 g/mol. The van der Waals surface area contributed by atoms with Gasteiger partial charge in [0, 0.05) is 18.7 Å². The Morgan fingerprint density at radius 1 is 1.61 bits per heavy atom. The van der Waals surface area contributed by atoms with Gasteiger partial charge >= 0.3 is 5.97 Å². The standard InChI is InChI=1S/C13H15ClN2O2/c1-9(2-5-13(17)18)8-16-11-4-3-10(7-15)12(14)6-11/h3-4,6,9,16H,2,5,8H2,1H3,(H,17,18). The largest absolute Gasteiger partial charge is 0.481 e. The molecule has 0 saturated carbocycles. The first-order valence-corrected chi connectivity index (χ1v) is 6.06. The third-order valence-corrected chi connectivity index (χ3v) is 2.91. The number of carboxylic acids is 1. The van der Waals surface area contributed by atoms with Gasteiger partial charge < -0.3 is 10.4 Å². The van der Waals surface area contributed by atoms with E-state index >= 15 is 0 Å². The van der Waals surface area contributed by atoms with Crippen LogP contribution >= 0.6 is 11.6 Å². The quantitative estimate of drug-likeness (QED) is 0.830. The molecular weight excluding hydrogens is 252 g/mol. The lowest BCUT2D eigenvalue weighted by molar-refractivity contribution is -0.137. The molecule has 2 N–H and O–H groups in total. The molecule has 0 aliphatic carbocycles. The summed E-state index contributed by atoms with van der Waals surface area (Å²) in [6, 6.07) is 7.14. The summed E-state index contributed by atoms with van der Waals surface area (Å²) in [5.41, 5.74) is 1.28. The summed E-state index contributed by atoms with van der Waals surface area (Å²) in [5, 5.41) is 20.9. The fraction of sp³-hybridized carbons (Fsp3) is 0.385. The molecule has 96 valence electrons. The van der Waals surface area contributed by atoms with Crippen molar-refractivity contribution in [2.75, 3.05) is 11.9 Å². The smallest absolute Gasteiger partial charge is 0.303 e. The highest BCUT2D eigenvalue weighted by Gasteiger charge is 2.06. The van der Waals surface area contributed by atoms with Gasteiger partial charge in [-0.05, 0) is 30.5 Å². The van der Waals surface area contributed by atoms with Gasteiger partial charge in [0.25, 0.3) is 0 Å². The molecule has 0 spiro atoms. The maximum Gasteiger partial charge on any atom is 0.303 e. The van der Waals surface area contributed by atoms with Gasteiger partial charge in [-0.3, -0.25) is 4.79 Å². The highest BCUT2D eigenvalue weighted by Crippen LogP contribution is 2.20. The maximum atomic E-state index is 10.4. The van der Waals surface area contributed by atoms with Crippen molar-refractivity contribution in [2.45, 2.75) is 19.8 Å². The zero-order chi connectivity index (χ0) is 13.5. The predicted octanol–water partition coefficient (Wildman–Crippen LogP) is 3.12. The minimum atomic E-state index is -0.775. The van der Waals surface area contributed by atoms with Crippen molar-refractivity contribution in [2.24, 2.45) is 5.92 Å². The van der Waals surface area contributed by atoms with E-state index in [1.54, 1.807) is 18.2 Å². The Balaban J connectivity index is 2.46. The molecule has 0 aliphatic heterocycles. The number of anilines is 1. The van der Waals surface area contributed by atoms with Gasteiger partial charge in [0.1, 0.15) is 6.07 Å². The van der Waals surface area contributed by atoms with Crippen molar-refractivity contribution in [3.63, 3.8) is 0 Å². The number of nitrogens with one attached hydrogen (secondary N) is 1. The van der Waals surface area contributed by atoms with E-state index in [4.69, 9.17) is 22.0 Å². The Morgan fingerprint density at radius 2 is 2.33 bits per heavy atom. The van der Waals surface area contributed by atoms with Gasteiger partial charge in [-0.2, -0.15) is 5.26 Å². The van der Waals surface area contributed by atoms with Crippen LogP contribution in [0.4, 0.5) is 5.69 Å². The summed E-state index contributed by atoms with van der Waals surface area (Å²) < 4.78 is 0. The Hall–Kier alpha value is -1.73. The number of aliphatic carboxylic acids is 1. The van der Waals surface area contributed by atoms with Gasteiger partial charge in [-0.15, -0.1) is 0 Å². The highest BCUT2D eigenvalue weighted by atomic mass is 35.5. The summed E-state index contributed by atoms with van der Waals surface area (Å²) in [5.74, 6) is -0.515. The molecule has 1 aromatic rings. The van der Waals surface area contributed by atoms with Gasteiger partial charge in [-0.25, -0.2) is 0 Å². The van der Waals surface area contributed by atoms with Crippen LogP contribution in [0.5, 0.6) is 0 Å². The summed E-state index contributed by atoms with van der Waals surface area (Å²) in [7, 11) is 0. The molecule has 1 atom stereocenters. The van der Waals surface area contributed by atoms with Crippen molar-refractivity contribution in [3.8, 4) is 6.07 Å². The molecule has 1 rings (SSSR count). The van der Waals surface area contributed by atoms with E-state index in [1.165, 1.54) is 0 Å². The molecule has 0 bridgehead atoms. The monoisotopic (exact) mass is 266 g/mol. The molecule has 0 saturated heterocycles. The average Bonchev–Trinajstić information content (AvgIpc) is 2.34. The van der Waals surface area contributed by atoms with E-state index in [0.717, 1.165) is 5.69 Å². The summed E-state index contributed by atoms with van der Waals surface area (Å²) in [4.78, 5) is 10.4. The first kappa shape index (κ1) is 14.3. The van der Waals surface area contributed by atoms with Crippen LogP contribution in [0.15, 0.2) is 18.2 Å². The van der Waals surface area contributed by atoms with Gasteiger partial charge in [0.05, 0.1) is 10.6 Å². The highest BCUT2D eigenvalue weighted by molar-refractivity contribution is 6.32. The minimum absolute atomic E-state index is 0.178. The molecule has 0 amide bonds. The number of rotatable bonds is 6. The lowest BCUT2D eigenvalue weighted by atomic mass is 10.1. The summed E-state index contributed by atoms with van der Waals surface area (Å²) >= 11 is 5.91. The third-order valence-electron chi connectivity index (χ3n) is 2.60. The molecule has 5 heteroatoms. The third kappa shape index (κ3) is 4.64. The van der Waals surface area contributed by atoms with Crippen LogP contribution in [-0.4, -0.2) is 17.6 Å². The summed E-state index contributed by atoms with van der Waals surface area (Å²) in [6.45, 7) is 2.66. The first-order valence-electron chi connectivity index (χ1n) is 5.68. The second kappa shape index (κ2) is 6.87. The molecule has 0 aromatic heterocycles. The van der Waals surface area contributed by atoms with Crippen LogP contribution in [0.1, 0.15) is 25.3 Å². The molecule has 0 heterocycles. The van der Waals surface area contributed by atoms with Gasteiger partial charge in [0.15, 0.2) is 0 Å². The molecule has 0 aliphatic rings. The van der Waals surface area contributed by atoms with Crippen LogP contribution in [0.2, 0.25) is 5.02 Å². The topological polar surface area (TPSA) is 73.1 Å². The number of hydrogen-bond acceptors (Lipinski definition) is 3. The Kier molecular flexibility index (Phi) is 5.47. The molecule has 1 aromatic carbocycles. The van der Waals surface area contributed by atoms with E-state index < -0.39 is 5.97 Å². The van der Waals surface area contributed by atoms with Crippen molar-refractivity contribution >= 4 is 23.3 Å². The van der Waals surface area contributed by atoms with Crippen LogP contribution in [0.25, 0.3) is 0 Å². The maximum absolute atomic E-state index is 10.4. The Bertz CT molecular complexity index is 469. The van der Waals surface area contributed by atoms with E-state index in [-0.39, 0.29) is 12.3 Å². The number of hydrogen-bond donors (Lipinski definition) is 2. The molecule has 0 fully saturated rings. The fourth-order valence-corrected chi connectivity index (χ4v) is 1.70. The zero-order valence-corrected chi connectivity index (χ0v) is 10.9. The minimum Gasteiger partial charge on any atom is -0.481 e. The van der Waals surface area contributed by atoms with Crippen LogP contribution in [0, 0.1) is 17.2 Å². The van der Waals surface area contributed by atoms with E-state index in [0.29, 0.717) is 23.6 Å². The number of carboxylic acid groups (broad SMARTS) is 1. The second-order valence-corrected chi connectivity index (χ2v) is 4.63. The first-order chi connectivity index (χ1) is 8.52. The van der Waals surface area contributed by atoms with Crippen LogP contribution in [-0.2, 0) is 4.79 Å². The van der Waals surface area contributed by atoms with Crippen molar-refractivity contribution in [1.29, 1.82) is 5.26 Å². The Morgan fingerprint density at radius 3 is 2.89 bits per heavy atom. The van der Waals surface area contributed by atoms with Crippen molar-refractivity contribution in [3.05, 3.63) is 28.8 Å². The van der Waals surface area contributed by atoms with E-state index in [2.05, 4.69) is 5.32 Å². The van der Waals surface area contributed by atoms with E-state index in [1.807, 2.05) is 13.0 Å². The second-order valence-electron chi connectivity index (χ2n) is 4.22. The SMILES string of the molecule is CC(CCC(=O)O)CNc1ccc(C#N)c(Cl)c1. The molecule has 1 unspecified atom stereocenters. The van der Waals surface area contributed by atoms with Crippen molar-refractivity contribution in [1.82, 2.24) is 0 Å². The van der Waals surface area contributed by atoms with Crippen LogP contribution in [0.3, 0.4) is 0 Å². The predicted molar refractivity (Wildman–Crippen MR) is 70.7 cm³/mol. The number of halogens is 1. The number of carbonyl (C=O) groups is 1. The molecule has 4 nitrogen and oxygen atoms in total. The van der Waals surface area contributed by atoms with E-state index in [9.17, 15) is 4.79 Å².